The highest BCUT2D eigenvalue weighted by Crippen LogP contribution is 2.25. The van der Waals surface area contributed by atoms with Crippen LogP contribution in [0.4, 0.5) is 5.82 Å². The van der Waals surface area contributed by atoms with Crippen LogP contribution >= 0.6 is 24.8 Å². The number of aromatic nitrogens is 1. The van der Waals surface area contributed by atoms with E-state index in [1.54, 1.807) is 12.1 Å². The zero-order chi connectivity index (χ0) is 22.0. The first-order valence-corrected chi connectivity index (χ1v) is 13.7. The van der Waals surface area contributed by atoms with Crippen LogP contribution in [-0.2, 0) is 21.2 Å². The summed E-state index contributed by atoms with van der Waals surface area (Å²) in [5.74, 6) is 1.79. The van der Waals surface area contributed by atoms with Crippen LogP contribution in [0.2, 0.25) is 0 Å². The van der Waals surface area contributed by atoms with Crippen molar-refractivity contribution >= 4 is 51.8 Å². The van der Waals surface area contributed by atoms with Crippen LogP contribution < -0.4 is 4.90 Å². The van der Waals surface area contributed by atoms with Gasteiger partial charge in [0.05, 0.1) is 18.0 Å². The number of anilines is 1. The van der Waals surface area contributed by atoms with Crippen molar-refractivity contribution in [2.75, 3.05) is 55.7 Å². The van der Waals surface area contributed by atoms with E-state index in [1.807, 2.05) is 30.5 Å². The first-order valence-electron chi connectivity index (χ1n) is 10.8. The Morgan fingerprint density at radius 1 is 0.879 bits per heavy atom. The van der Waals surface area contributed by atoms with Crippen molar-refractivity contribution in [3.8, 4) is 11.1 Å². The van der Waals surface area contributed by atoms with Gasteiger partial charge in [-0.3, -0.25) is 4.90 Å². The SMILES string of the molecule is CC(C)N1CCN(c2ccc(-c3ccc(S(=O)(=O)N4CC[S+]([O-])CC4)cc3)cn2)CC1.Cl.Cl. The van der Waals surface area contributed by atoms with Crippen LogP contribution in [0.15, 0.2) is 47.5 Å². The van der Waals surface area contributed by atoms with Crippen molar-refractivity contribution in [3.63, 3.8) is 0 Å². The van der Waals surface area contributed by atoms with Gasteiger partial charge >= 0.3 is 0 Å². The fourth-order valence-electron chi connectivity index (χ4n) is 4.04. The number of rotatable bonds is 5. The quantitative estimate of drug-likeness (QED) is 0.548. The van der Waals surface area contributed by atoms with Gasteiger partial charge in [-0.15, -0.1) is 24.8 Å². The molecule has 0 atom stereocenters. The maximum atomic E-state index is 12.8. The molecule has 0 amide bonds. The van der Waals surface area contributed by atoms with E-state index in [4.69, 9.17) is 0 Å². The number of piperazine rings is 1. The van der Waals surface area contributed by atoms with Gasteiger partial charge < -0.3 is 9.45 Å². The van der Waals surface area contributed by atoms with Gasteiger partial charge in [0.25, 0.3) is 0 Å². The molecular weight excluding hydrogens is 503 g/mol. The predicted molar refractivity (Wildman–Crippen MR) is 140 cm³/mol. The number of hydrogen-bond acceptors (Lipinski definition) is 6. The van der Waals surface area contributed by atoms with Crippen LogP contribution in [0.5, 0.6) is 0 Å². The highest BCUT2D eigenvalue weighted by atomic mass is 35.5. The van der Waals surface area contributed by atoms with Gasteiger partial charge in [0.15, 0.2) is 0 Å². The molecule has 1 aromatic heterocycles. The van der Waals surface area contributed by atoms with E-state index < -0.39 is 21.2 Å². The third-order valence-corrected chi connectivity index (χ3v) is 9.27. The van der Waals surface area contributed by atoms with Crippen LogP contribution in [0.3, 0.4) is 0 Å². The Labute approximate surface area is 212 Å². The molecule has 7 nitrogen and oxygen atoms in total. The Morgan fingerprint density at radius 3 is 1.97 bits per heavy atom. The Kier molecular flexibility index (Phi) is 10.3. The maximum Gasteiger partial charge on any atom is 0.243 e. The fourth-order valence-corrected chi connectivity index (χ4v) is 6.77. The summed E-state index contributed by atoms with van der Waals surface area (Å²) >= 11 is -0.908. The van der Waals surface area contributed by atoms with E-state index in [9.17, 15) is 13.0 Å². The lowest BCUT2D eigenvalue weighted by Crippen LogP contribution is -2.49. The van der Waals surface area contributed by atoms with Crippen molar-refractivity contribution < 1.29 is 13.0 Å². The van der Waals surface area contributed by atoms with Crippen molar-refractivity contribution in [2.45, 2.75) is 24.8 Å². The topological polar surface area (TPSA) is 79.8 Å². The average molecular weight is 536 g/mol. The molecule has 0 unspecified atom stereocenters. The van der Waals surface area contributed by atoms with Crippen LogP contribution in [-0.4, -0.2) is 84.0 Å². The fraction of sp³-hybridized carbons (Fsp3) is 0.500. The van der Waals surface area contributed by atoms with E-state index >= 15 is 0 Å². The summed E-state index contributed by atoms with van der Waals surface area (Å²) in [6.45, 7) is 9.12. The van der Waals surface area contributed by atoms with Gasteiger partial charge in [0.1, 0.15) is 17.3 Å². The normalized spacial score (nSPS) is 18.6. The molecule has 184 valence electrons. The van der Waals surface area contributed by atoms with E-state index in [2.05, 4.69) is 28.6 Å². The van der Waals surface area contributed by atoms with Gasteiger partial charge in [-0.25, -0.2) is 13.4 Å². The highest BCUT2D eigenvalue weighted by Gasteiger charge is 2.30. The molecule has 2 aromatic rings. The summed E-state index contributed by atoms with van der Waals surface area (Å²) in [6, 6.07) is 11.6. The number of sulfonamides is 1. The summed E-state index contributed by atoms with van der Waals surface area (Å²) in [7, 11) is -3.54. The molecule has 33 heavy (non-hydrogen) atoms. The first-order chi connectivity index (χ1) is 14.8. The Balaban J connectivity index is 0.00000193. The number of hydrogen-bond donors (Lipinski definition) is 0. The lowest BCUT2D eigenvalue weighted by molar-refractivity contribution is 0.209. The zero-order valence-electron chi connectivity index (χ0n) is 18.9. The summed E-state index contributed by atoms with van der Waals surface area (Å²) in [5.41, 5.74) is 1.89. The number of benzene rings is 1. The number of nitrogens with zero attached hydrogens (tertiary/aromatic N) is 4. The molecular formula is C22H32Cl2N4O3S2. The second kappa shape index (κ2) is 12.1. The number of pyridine rings is 1. The minimum Gasteiger partial charge on any atom is -0.616 e. The van der Waals surface area contributed by atoms with Crippen LogP contribution in [0, 0.1) is 0 Å². The smallest absolute Gasteiger partial charge is 0.243 e. The molecule has 1 aromatic carbocycles. The van der Waals surface area contributed by atoms with E-state index in [0.29, 0.717) is 30.6 Å². The lowest BCUT2D eigenvalue weighted by Gasteiger charge is -2.37. The van der Waals surface area contributed by atoms with Gasteiger partial charge in [0, 0.05) is 44.0 Å². The molecule has 2 fully saturated rings. The summed E-state index contributed by atoms with van der Waals surface area (Å²) in [5, 5.41) is 0. The van der Waals surface area contributed by atoms with Crippen molar-refractivity contribution in [2.24, 2.45) is 0 Å². The molecule has 11 heteroatoms. The van der Waals surface area contributed by atoms with Crippen molar-refractivity contribution in [1.29, 1.82) is 0 Å². The third-order valence-electron chi connectivity index (χ3n) is 6.08. The minimum atomic E-state index is -3.54. The molecule has 0 spiro atoms. The minimum absolute atomic E-state index is 0. The molecule has 2 aliphatic rings. The summed E-state index contributed by atoms with van der Waals surface area (Å²) in [4.78, 5) is 9.71. The molecule has 3 heterocycles. The van der Waals surface area contributed by atoms with E-state index in [-0.39, 0.29) is 29.7 Å². The van der Waals surface area contributed by atoms with Crippen LogP contribution in [0.25, 0.3) is 11.1 Å². The van der Waals surface area contributed by atoms with Gasteiger partial charge in [-0.1, -0.05) is 23.3 Å². The second-order valence-electron chi connectivity index (χ2n) is 8.30. The molecule has 0 radical (unpaired) electrons. The predicted octanol–water partition coefficient (Wildman–Crippen LogP) is 2.88. The number of halogens is 2. The second-order valence-corrected chi connectivity index (χ2v) is 11.9. The van der Waals surface area contributed by atoms with E-state index in [1.165, 1.54) is 4.31 Å². The Morgan fingerprint density at radius 2 is 1.45 bits per heavy atom. The third kappa shape index (κ3) is 6.54. The maximum absolute atomic E-state index is 12.8. The Bertz CT molecular complexity index is 976. The zero-order valence-corrected chi connectivity index (χ0v) is 22.2. The first kappa shape index (κ1) is 28.2. The average Bonchev–Trinajstić information content (AvgIpc) is 2.80. The standard InChI is InChI=1S/C22H30N4O3S2.2ClH/c1-18(2)24-9-11-25(12-10-24)22-8-5-20(17-23-22)19-3-6-21(7-4-19)31(28,29)26-13-15-30(27)16-14-26;;/h3-8,17-18H,9-16H2,1-2H3;2*1H. The summed E-state index contributed by atoms with van der Waals surface area (Å²) < 4.78 is 38.6. The lowest BCUT2D eigenvalue weighted by atomic mass is 10.1. The molecule has 4 rings (SSSR count). The van der Waals surface area contributed by atoms with Crippen LogP contribution in [0.1, 0.15) is 13.8 Å². The molecule has 0 saturated carbocycles. The Hall–Kier alpha value is -1.07. The van der Waals surface area contributed by atoms with E-state index in [0.717, 1.165) is 43.1 Å². The van der Waals surface area contributed by atoms with Crippen molar-refractivity contribution in [1.82, 2.24) is 14.2 Å². The molecule has 0 aliphatic carbocycles. The monoisotopic (exact) mass is 534 g/mol. The van der Waals surface area contributed by atoms with Gasteiger partial charge in [0.2, 0.25) is 10.0 Å². The summed E-state index contributed by atoms with van der Waals surface area (Å²) in [6.07, 6.45) is 1.85. The molecule has 2 saturated heterocycles. The molecule has 0 N–H and O–H groups in total. The van der Waals surface area contributed by atoms with Crippen molar-refractivity contribution in [3.05, 3.63) is 42.6 Å². The molecule has 2 aliphatic heterocycles. The molecule has 0 bridgehead atoms. The van der Waals surface area contributed by atoms with Gasteiger partial charge in [-0.2, -0.15) is 4.31 Å². The highest BCUT2D eigenvalue weighted by molar-refractivity contribution is 7.92. The van der Waals surface area contributed by atoms with Gasteiger partial charge in [-0.05, 0) is 43.7 Å². The largest absolute Gasteiger partial charge is 0.616 e.